The monoisotopic (exact) mass is 256 g/mol. The highest BCUT2D eigenvalue weighted by Crippen LogP contribution is 2.00. The summed E-state index contributed by atoms with van der Waals surface area (Å²) in [6.45, 7) is 13.9. The molecule has 0 unspecified atom stereocenters. The van der Waals surface area contributed by atoms with Crippen molar-refractivity contribution >= 4 is 0 Å². The van der Waals surface area contributed by atoms with Gasteiger partial charge in [-0.1, -0.05) is 40.5 Å². The van der Waals surface area contributed by atoms with Crippen molar-refractivity contribution in [2.24, 2.45) is 11.8 Å². The number of hydrogen-bond donors (Lipinski definition) is 2. The van der Waals surface area contributed by atoms with Crippen LogP contribution in [0.3, 0.4) is 0 Å². The second kappa shape index (κ2) is 13.4. The van der Waals surface area contributed by atoms with Crippen molar-refractivity contribution in [2.75, 3.05) is 26.2 Å². The number of nitrogens with one attached hydrogen (secondary N) is 2. The highest BCUT2D eigenvalue weighted by atomic mass is 14.8. The van der Waals surface area contributed by atoms with E-state index in [1.807, 2.05) is 0 Å². The number of rotatable bonds is 13. The molecule has 0 heterocycles. The third-order valence-corrected chi connectivity index (χ3v) is 3.25. The summed E-state index contributed by atoms with van der Waals surface area (Å²) < 4.78 is 0. The average molecular weight is 256 g/mol. The minimum Gasteiger partial charge on any atom is -0.317 e. The van der Waals surface area contributed by atoms with E-state index in [4.69, 9.17) is 0 Å². The maximum Gasteiger partial charge on any atom is -0.00465 e. The molecule has 0 aromatic rings. The van der Waals surface area contributed by atoms with Crippen LogP contribution in [-0.2, 0) is 0 Å². The van der Waals surface area contributed by atoms with Crippen LogP contribution >= 0.6 is 0 Å². The van der Waals surface area contributed by atoms with Gasteiger partial charge < -0.3 is 10.6 Å². The van der Waals surface area contributed by atoms with E-state index in [0.29, 0.717) is 0 Å². The molecule has 0 rings (SSSR count). The molecule has 0 saturated carbocycles. The maximum atomic E-state index is 3.52. The Bertz CT molecular complexity index is 137. The molecule has 0 aliphatic rings. The van der Waals surface area contributed by atoms with Gasteiger partial charge in [-0.15, -0.1) is 0 Å². The molecule has 0 spiro atoms. The Labute approximate surface area is 115 Å². The first-order chi connectivity index (χ1) is 8.63. The minimum absolute atomic E-state index is 0.828. The summed E-state index contributed by atoms with van der Waals surface area (Å²) in [5.41, 5.74) is 0. The minimum atomic E-state index is 0.828. The van der Waals surface area contributed by atoms with Crippen molar-refractivity contribution in [1.29, 1.82) is 0 Å². The van der Waals surface area contributed by atoms with Gasteiger partial charge in [-0.25, -0.2) is 0 Å². The third-order valence-electron chi connectivity index (χ3n) is 3.25. The van der Waals surface area contributed by atoms with Crippen LogP contribution in [0, 0.1) is 11.8 Å². The summed E-state index contributed by atoms with van der Waals surface area (Å²) in [6, 6.07) is 0. The van der Waals surface area contributed by atoms with E-state index < -0.39 is 0 Å². The summed E-state index contributed by atoms with van der Waals surface area (Å²) in [6.07, 6.45) is 8.04. The van der Waals surface area contributed by atoms with Gasteiger partial charge in [-0.05, 0) is 63.7 Å². The molecule has 0 aliphatic heterocycles. The Hall–Kier alpha value is -0.0800. The predicted molar refractivity (Wildman–Crippen MR) is 83.1 cm³/mol. The van der Waals surface area contributed by atoms with Gasteiger partial charge >= 0.3 is 0 Å². The van der Waals surface area contributed by atoms with Gasteiger partial charge in [0.25, 0.3) is 0 Å². The number of unbranched alkanes of at least 4 members (excludes halogenated alkanes) is 3. The molecule has 0 aliphatic carbocycles. The smallest absolute Gasteiger partial charge is 0.00465 e. The van der Waals surface area contributed by atoms with Crippen molar-refractivity contribution in [3.8, 4) is 0 Å². The van der Waals surface area contributed by atoms with Crippen molar-refractivity contribution in [3.05, 3.63) is 0 Å². The highest BCUT2D eigenvalue weighted by Gasteiger charge is 1.95. The molecule has 2 heteroatoms. The van der Waals surface area contributed by atoms with E-state index in [-0.39, 0.29) is 0 Å². The molecule has 0 amide bonds. The first-order valence-corrected chi connectivity index (χ1v) is 8.04. The summed E-state index contributed by atoms with van der Waals surface area (Å²) in [7, 11) is 0. The fraction of sp³-hybridized carbons (Fsp3) is 1.00. The first-order valence-electron chi connectivity index (χ1n) is 8.04. The Balaban J connectivity index is 2.95. The van der Waals surface area contributed by atoms with Crippen LogP contribution in [-0.4, -0.2) is 26.2 Å². The van der Waals surface area contributed by atoms with Crippen molar-refractivity contribution in [3.63, 3.8) is 0 Å². The largest absolute Gasteiger partial charge is 0.317 e. The molecular weight excluding hydrogens is 220 g/mol. The van der Waals surface area contributed by atoms with Crippen LogP contribution in [0.15, 0.2) is 0 Å². The summed E-state index contributed by atoms with van der Waals surface area (Å²) in [4.78, 5) is 0. The first kappa shape index (κ1) is 17.9. The van der Waals surface area contributed by atoms with Gasteiger partial charge in [0.2, 0.25) is 0 Å². The SMILES string of the molecule is CC(C)CCNCCCCCCNCCC(C)C. The topological polar surface area (TPSA) is 24.1 Å². The summed E-state index contributed by atoms with van der Waals surface area (Å²) in [5.74, 6) is 1.66. The van der Waals surface area contributed by atoms with Gasteiger partial charge in [0.1, 0.15) is 0 Å². The molecule has 0 radical (unpaired) electrons. The molecular formula is C16H36N2. The molecule has 0 atom stereocenters. The normalized spacial score (nSPS) is 11.7. The quantitative estimate of drug-likeness (QED) is 0.490. The second-order valence-corrected chi connectivity index (χ2v) is 6.28. The molecule has 2 nitrogen and oxygen atoms in total. The standard InChI is InChI=1S/C16H36N2/c1-15(2)9-13-17-11-7-5-6-8-12-18-14-10-16(3)4/h15-18H,5-14H2,1-4H3. The Morgan fingerprint density at radius 1 is 0.556 bits per heavy atom. The van der Waals surface area contributed by atoms with Crippen molar-refractivity contribution < 1.29 is 0 Å². The van der Waals surface area contributed by atoms with Crippen molar-refractivity contribution in [2.45, 2.75) is 66.2 Å². The Morgan fingerprint density at radius 3 is 1.28 bits per heavy atom. The van der Waals surface area contributed by atoms with E-state index in [9.17, 15) is 0 Å². The Kier molecular flexibility index (Phi) is 13.3. The zero-order valence-electron chi connectivity index (χ0n) is 13.2. The van der Waals surface area contributed by atoms with E-state index in [1.165, 1.54) is 64.7 Å². The lowest BCUT2D eigenvalue weighted by atomic mass is 10.1. The van der Waals surface area contributed by atoms with Crippen LogP contribution in [0.5, 0.6) is 0 Å². The molecule has 0 saturated heterocycles. The average Bonchev–Trinajstić information content (AvgIpc) is 2.29. The maximum absolute atomic E-state index is 3.52. The van der Waals surface area contributed by atoms with E-state index in [1.54, 1.807) is 0 Å². The van der Waals surface area contributed by atoms with Gasteiger partial charge in [0, 0.05) is 0 Å². The van der Waals surface area contributed by atoms with Crippen LogP contribution in [0.25, 0.3) is 0 Å². The van der Waals surface area contributed by atoms with Crippen molar-refractivity contribution in [1.82, 2.24) is 10.6 Å². The van der Waals surface area contributed by atoms with E-state index >= 15 is 0 Å². The lowest BCUT2D eigenvalue weighted by Gasteiger charge is -2.08. The van der Waals surface area contributed by atoms with Crippen LogP contribution < -0.4 is 10.6 Å². The molecule has 2 N–H and O–H groups in total. The Morgan fingerprint density at radius 2 is 0.944 bits per heavy atom. The predicted octanol–water partition coefficient (Wildman–Crippen LogP) is 3.82. The lowest BCUT2D eigenvalue weighted by molar-refractivity contribution is 0.506. The van der Waals surface area contributed by atoms with Crippen LogP contribution in [0.1, 0.15) is 66.2 Å². The molecule has 0 aromatic carbocycles. The fourth-order valence-corrected chi connectivity index (χ4v) is 1.89. The molecule has 18 heavy (non-hydrogen) atoms. The molecule has 0 aromatic heterocycles. The summed E-state index contributed by atoms with van der Waals surface area (Å²) in [5, 5.41) is 7.05. The number of hydrogen-bond acceptors (Lipinski definition) is 2. The van der Waals surface area contributed by atoms with Gasteiger partial charge in [0.15, 0.2) is 0 Å². The van der Waals surface area contributed by atoms with E-state index in [0.717, 1.165) is 11.8 Å². The molecule has 110 valence electrons. The van der Waals surface area contributed by atoms with Gasteiger partial charge in [0.05, 0.1) is 0 Å². The van der Waals surface area contributed by atoms with Crippen LogP contribution in [0.4, 0.5) is 0 Å². The highest BCUT2D eigenvalue weighted by molar-refractivity contribution is 4.54. The summed E-state index contributed by atoms with van der Waals surface area (Å²) >= 11 is 0. The second-order valence-electron chi connectivity index (χ2n) is 6.28. The zero-order valence-corrected chi connectivity index (χ0v) is 13.2. The zero-order chi connectivity index (χ0) is 13.6. The molecule has 0 bridgehead atoms. The van der Waals surface area contributed by atoms with Crippen LogP contribution in [0.2, 0.25) is 0 Å². The van der Waals surface area contributed by atoms with Gasteiger partial charge in [-0.3, -0.25) is 0 Å². The third kappa shape index (κ3) is 15.9. The lowest BCUT2D eigenvalue weighted by Crippen LogP contribution is -2.19. The van der Waals surface area contributed by atoms with Gasteiger partial charge in [-0.2, -0.15) is 0 Å². The molecule has 0 fully saturated rings. The fourth-order valence-electron chi connectivity index (χ4n) is 1.89. The van der Waals surface area contributed by atoms with E-state index in [2.05, 4.69) is 38.3 Å².